The van der Waals surface area contributed by atoms with Crippen LogP contribution < -0.4 is 10.1 Å². The van der Waals surface area contributed by atoms with Gasteiger partial charge in [0.2, 0.25) is 0 Å². The Bertz CT molecular complexity index is 540. The number of nitrogens with one attached hydrogen (secondary N) is 1. The maximum atomic E-state index is 12.3. The number of para-hydroxylation sites is 1. The zero-order chi connectivity index (χ0) is 15.1. The van der Waals surface area contributed by atoms with Crippen LogP contribution in [-0.4, -0.2) is 27.6 Å². The number of amides is 1. The maximum Gasteiger partial charge on any atom is 0.261 e. The van der Waals surface area contributed by atoms with Gasteiger partial charge in [0.15, 0.2) is 6.10 Å². The monoisotopic (exact) mass is 287 g/mol. The molecule has 0 unspecified atom stereocenters. The van der Waals surface area contributed by atoms with E-state index >= 15 is 0 Å². The van der Waals surface area contributed by atoms with Gasteiger partial charge in [0.25, 0.3) is 5.91 Å². The van der Waals surface area contributed by atoms with Crippen LogP contribution in [-0.2, 0) is 11.3 Å². The standard InChI is InChI=1S/C16H21N3O2/c1-3-15(21-14-7-5-4-6-8-14)16(20)18-13(2)11-19-10-9-17-12-19/h4-10,12-13,15H,3,11H2,1-2H3,(H,18,20)/t13-,15-/m0/s1. The van der Waals surface area contributed by atoms with Gasteiger partial charge in [-0.2, -0.15) is 0 Å². The van der Waals surface area contributed by atoms with Gasteiger partial charge in [0.1, 0.15) is 5.75 Å². The van der Waals surface area contributed by atoms with E-state index in [4.69, 9.17) is 4.74 Å². The summed E-state index contributed by atoms with van der Waals surface area (Å²) in [6, 6.07) is 9.42. The molecule has 0 saturated heterocycles. The molecular formula is C16H21N3O2. The van der Waals surface area contributed by atoms with Crippen LogP contribution >= 0.6 is 0 Å². The summed E-state index contributed by atoms with van der Waals surface area (Å²) in [7, 11) is 0. The molecule has 2 aromatic rings. The fourth-order valence-corrected chi connectivity index (χ4v) is 2.08. The van der Waals surface area contributed by atoms with Crippen molar-refractivity contribution in [2.45, 2.75) is 39.0 Å². The van der Waals surface area contributed by atoms with Gasteiger partial charge < -0.3 is 14.6 Å². The highest BCUT2D eigenvalue weighted by molar-refractivity contribution is 5.81. The van der Waals surface area contributed by atoms with Crippen LogP contribution in [0.5, 0.6) is 5.75 Å². The van der Waals surface area contributed by atoms with Crippen molar-refractivity contribution in [2.24, 2.45) is 0 Å². The number of carbonyl (C=O) groups is 1. The predicted octanol–water partition coefficient (Wildman–Crippen LogP) is 2.25. The molecular weight excluding hydrogens is 266 g/mol. The minimum atomic E-state index is -0.474. The van der Waals surface area contributed by atoms with E-state index in [0.29, 0.717) is 18.7 Å². The fourth-order valence-electron chi connectivity index (χ4n) is 2.08. The fraction of sp³-hybridized carbons (Fsp3) is 0.375. The average Bonchev–Trinajstić information content (AvgIpc) is 2.98. The molecule has 2 rings (SSSR count). The van der Waals surface area contributed by atoms with Crippen LogP contribution in [0.2, 0.25) is 0 Å². The van der Waals surface area contributed by atoms with Crippen LogP contribution in [0.3, 0.4) is 0 Å². The van der Waals surface area contributed by atoms with Crippen LogP contribution in [0.25, 0.3) is 0 Å². The largest absolute Gasteiger partial charge is 0.481 e. The molecule has 0 bridgehead atoms. The molecule has 1 N–H and O–H groups in total. The van der Waals surface area contributed by atoms with Crippen molar-refractivity contribution in [3.8, 4) is 5.75 Å². The maximum absolute atomic E-state index is 12.3. The van der Waals surface area contributed by atoms with E-state index in [1.54, 1.807) is 12.5 Å². The summed E-state index contributed by atoms with van der Waals surface area (Å²) in [5.41, 5.74) is 0. The second kappa shape index (κ2) is 7.47. The molecule has 1 heterocycles. The highest BCUT2D eigenvalue weighted by atomic mass is 16.5. The number of hydrogen-bond acceptors (Lipinski definition) is 3. The first-order valence-corrected chi connectivity index (χ1v) is 7.17. The molecule has 112 valence electrons. The number of ether oxygens (including phenoxy) is 1. The van der Waals surface area contributed by atoms with E-state index in [1.807, 2.05) is 54.9 Å². The lowest BCUT2D eigenvalue weighted by atomic mass is 10.2. The Balaban J connectivity index is 1.87. The van der Waals surface area contributed by atoms with Crippen molar-refractivity contribution in [2.75, 3.05) is 0 Å². The van der Waals surface area contributed by atoms with Crippen molar-refractivity contribution in [1.82, 2.24) is 14.9 Å². The number of benzene rings is 1. The van der Waals surface area contributed by atoms with Crippen LogP contribution in [0, 0.1) is 0 Å². The Hall–Kier alpha value is -2.30. The zero-order valence-corrected chi connectivity index (χ0v) is 12.4. The van der Waals surface area contributed by atoms with Gasteiger partial charge in [0.05, 0.1) is 6.33 Å². The lowest BCUT2D eigenvalue weighted by Gasteiger charge is -2.20. The molecule has 21 heavy (non-hydrogen) atoms. The lowest BCUT2D eigenvalue weighted by Crippen LogP contribution is -2.43. The molecule has 0 fully saturated rings. The molecule has 2 atom stereocenters. The average molecular weight is 287 g/mol. The molecule has 0 aliphatic rings. The van der Waals surface area contributed by atoms with Gasteiger partial charge in [-0.05, 0) is 25.5 Å². The minimum Gasteiger partial charge on any atom is -0.481 e. The Morgan fingerprint density at radius 1 is 1.38 bits per heavy atom. The summed E-state index contributed by atoms with van der Waals surface area (Å²) in [4.78, 5) is 16.2. The smallest absolute Gasteiger partial charge is 0.261 e. The zero-order valence-electron chi connectivity index (χ0n) is 12.4. The molecule has 0 spiro atoms. The Morgan fingerprint density at radius 2 is 2.14 bits per heavy atom. The molecule has 5 heteroatoms. The van der Waals surface area contributed by atoms with E-state index in [1.165, 1.54) is 0 Å². The number of aromatic nitrogens is 2. The highest BCUT2D eigenvalue weighted by Crippen LogP contribution is 2.12. The molecule has 0 radical (unpaired) electrons. The molecule has 0 aliphatic heterocycles. The van der Waals surface area contributed by atoms with E-state index in [2.05, 4.69) is 10.3 Å². The molecule has 0 saturated carbocycles. The number of nitrogens with zero attached hydrogens (tertiary/aromatic N) is 2. The Morgan fingerprint density at radius 3 is 2.76 bits per heavy atom. The molecule has 5 nitrogen and oxygen atoms in total. The van der Waals surface area contributed by atoms with Crippen molar-refractivity contribution in [3.63, 3.8) is 0 Å². The molecule has 1 aromatic heterocycles. The number of hydrogen-bond donors (Lipinski definition) is 1. The SMILES string of the molecule is CC[C@H](Oc1ccccc1)C(=O)N[C@@H](C)Cn1ccnc1. The first-order valence-electron chi connectivity index (χ1n) is 7.17. The van der Waals surface area contributed by atoms with Gasteiger partial charge in [-0.3, -0.25) is 4.79 Å². The van der Waals surface area contributed by atoms with Crippen LogP contribution in [0.1, 0.15) is 20.3 Å². The van der Waals surface area contributed by atoms with E-state index in [0.717, 1.165) is 0 Å². The number of rotatable bonds is 7. The van der Waals surface area contributed by atoms with E-state index in [9.17, 15) is 4.79 Å². The quantitative estimate of drug-likeness (QED) is 0.849. The number of imidazole rings is 1. The van der Waals surface area contributed by atoms with E-state index in [-0.39, 0.29) is 11.9 Å². The molecule has 0 aliphatic carbocycles. The second-order valence-electron chi connectivity index (χ2n) is 5.00. The third-order valence-electron chi connectivity index (χ3n) is 3.12. The lowest BCUT2D eigenvalue weighted by molar-refractivity contribution is -0.128. The van der Waals surface area contributed by atoms with Gasteiger partial charge in [-0.15, -0.1) is 0 Å². The van der Waals surface area contributed by atoms with Crippen molar-refractivity contribution < 1.29 is 9.53 Å². The summed E-state index contributed by atoms with van der Waals surface area (Å²) in [5.74, 6) is 0.621. The predicted molar refractivity (Wildman–Crippen MR) is 81.0 cm³/mol. The summed E-state index contributed by atoms with van der Waals surface area (Å²) < 4.78 is 7.66. The van der Waals surface area contributed by atoms with Crippen LogP contribution in [0.4, 0.5) is 0 Å². The summed E-state index contributed by atoms with van der Waals surface area (Å²) in [6.07, 6.45) is 5.49. The van der Waals surface area contributed by atoms with Crippen molar-refractivity contribution >= 4 is 5.91 Å². The third-order valence-corrected chi connectivity index (χ3v) is 3.12. The van der Waals surface area contributed by atoms with Gasteiger partial charge in [-0.1, -0.05) is 25.1 Å². The normalized spacial score (nSPS) is 13.4. The van der Waals surface area contributed by atoms with E-state index < -0.39 is 6.10 Å². The summed E-state index contributed by atoms with van der Waals surface area (Å²) in [5, 5.41) is 2.98. The van der Waals surface area contributed by atoms with Gasteiger partial charge in [-0.25, -0.2) is 4.98 Å². The third kappa shape index (κ3) is 4.63. The molecule has 1 amide bonds. The first kappa shape index (κ1) is 15.1. The minimum absolute atomic E-state index is 0.0140. The summed E-state index contributed by atoms with van der Waals surface area (Å²) in [6.45, 7) is 4.59. The van der Waals surface area contributed by atoms with Gasteiger partial charge >= 0.3 is 0 Å². The van der Waals surface area contributed by atoms with Crippen LogP contribution in [0.15, 0.2) is 49.1 Å². The van der Waals surface area contributed by atoms with Crippen molar-refractivity contribution in [3.05, 3.63) is 49.1 Å². The topological polar surface area (TPSA) is 56.1 Å². The Kier molecular flexibility index (Phi) is 5.37. The first-order chi connectivity index (χ1) is 10.2. The van der Waals surface area contributed by atoms with Gasteiger partial charge in [0, 0.05) is 25.0 Å². The second-order valence-corrected chi connectivity index (χ2v) is 5.00. The number of carbonyl (C=O) groups excluding carboxylic acids is 1. The highest BCUT2D eigenvalue weighted by Gasteiger charge is 2.20. The van der Waals surface area contributed by atoms with Crippen molar-refractivity contribution in [1.29, 1.82) is 0 Å². The molecule has 1 aromatic carbocycles. The Labute approximate surface area is 125 Å². The summed E-state index contributed by atoms with van der Waals surface area (Å²) >= 11 is 0.